The average molecular weight is 302 g/mol. The van der Waals surface area contributed by atoms with Gasteiger partial charge in [0.05, 0.1) is 5.56 Å². The van der Waals surface area contributed by atoms with Crippen molar-refractivity contribution in [2.24, 2.45) is 11.7 Å². The van der Waals surface area contributed by atoms with Crippen LogP contribution in [0.4, 0.5) is 13.2 Å². The van der Waals surface area contributed by atoms with Crippen molar-refractivity contribution in [2.45, 2.75) is 25.3 Å². The van der Waals surface area contributed by atoms with E-state index in [1.165, 1.54) is 11.9 Å². The number of halogens is 3. The fourth-order valence-corrected chi connectivity index (χ4v) is 2.89. The molecule has 2 unspecified atom stereocenters. The first-order valence-corrected chi connectivity index (χ1v) is 6.72. The largest absolute Gasteiger partial charge is 0.503 e. The SMILES string of the molecule is CN(C(=O)c1cc(F)c(F)c(O)c1F)C1CCCC1CN. The van der Waals surface area contributed by atoms with Gasteiger partial charge in [-0.15, -0.1) is 0 Å². The monoisotopic (exact) mass is 302 g/mol. The standard InChI is InChI=1S/C14H17F3N2O2/c1-19(10-4-2-3-7(10)6-18)14(21)8-5-9(15)12(17)13(20)11(8)16/h5,7,10,20H,2-4,6,18H2,1H3. The zero-order chi connectivity index (χ0) is 15.7. The fraction of sp³-hybridized carbons (Fsp3) is 0.500. The first-order valence-electron chi connectivity index (χ1n) is 6.72. The summed E-state index contributed by atoms with van der Waals surface area (Å²) in [4.78, 5) is 13.6. The van der Waals surface area contributed by atoms with Gasteiger partial charge in [-0.3, -0.25) is 4.79 Å². The average Bonchev–Trinajstić information content (AvgIpc) is 2.95. The second-order valence-electron chi connectivity index (χ2n) is 5.29. The maximum atomic E-state index is 13.8. The van der Waals surface area contributed by atoms with Gasteiger partial charge < -0.3 is 15.7 Å². The summed E-state index contributed by atoms with van der Waals surface area (Å²) in [5, 5.41) is 9.18. The summed E-state index contributed by atoms with van der Waals surface area (Å²) in [6, 6.07) is 0.299. The Morgan fingerprint density at radius 3 is 2.67 bits per heavy atom. The highest BCUT2D eigenvalue weighted by atomic mass is 19.2. The van der Waals surface area contributed by atoms with Gasteiger partial charge >= 0.3 is 0 Å². The third-order valence-corrected chi connectivity index (χ3v) is 4.10. The van der Waals surface area contributed by atoms with Crippen molar-refractivity contribution in [1.29, 1.82) is 0 Å². The molecule has 1 saturated carbocycles. The van der Waals surface area contributed by atoms with Gasteiger partial charge in [0, 0.05) is 13.1 Å². The second kappa shape index (κ2) is 5.93. The molecule has 1 aromatic rings. The van der Waals surface area contributed by atoms with Crippen LogP contribution in [0.2, 0.25) is 0 Å². The van der Waals surface area contributed by atoms with E-state index in [1.54, 1.807) is 0 Å². The number of carbonyl (C=O) groups excluding carboxylic acids is 1. The number of hydrogen-bond donors (Lipinski definition) is 2. The van der Waals surface area contributed by atoms with E-state index in [0.717, 1.165) is 19.3 Å². The highest BCUT2D eigenvalue weighted by molar-refractivity contribution is 5.95. The minimum absolute atomic E-state index is 0.0981. The van der Waals surface area contributed by atoms with Gasteiger partial charge in [0.15, 0.2) is 17.4 Å². The lowest BCUT2D eigenvalue weighted by atomic mass is 10.0. The molecule has 1 aliphatic carbocycles. The molecular formula is C14H17F3N2O2. The van der Waals surface area contributed by atoms with Gasteiger partial charge in [0.2, 0.25) is 5.82 Å². The zero-order valence-electron chi connectivity index (χ0n) is 11.6. The van der Waals surface area contributed by atoms with Crippen molar-refractivity contribution in [3.63, 3.8) is 0 Å². The topological polar surface area (TPSA) is 66.6 Å². The highest BCUT2D eigenvalue weighted by Gasteiger charge is 2.34. The molecule has 3 N–H and O–H groups in total. The second-order valence-corrected chi connectivity index (χ2v) is 5.29. The normalized spacial score (nSPS) is 21.6. The van der Waals surface area contributed by atoms with Crippen molar-refractivity contribution in [3.05, 3.63) is 29.1 Å². The van der Waals surface area contributed by atoms with Crippen LogP contribution in [0.15, 0.2) is 6.07 Å². The summed E-state index contributed by atoms with van der Waals surface area (Å²) in [5.41, 5.74) is 4.95. The van der Waals surface area contributed by atoms with E-state index in [0.29, 0.717) is 12.6 Å². The van der Waals surface area contributed by atoms with E-state index in [-0.39, 0.29) is 12.0 Å². The van der Waals surface area contributed by atoms with Crippen molar-refractivity contribution >= 4 is 5.91 Å². The molecule has 1 fully saturated rings. The van der Waals surface area contributed by atoms with Crippen LogP contribution in [0.25, 0.3) is 0 Å². The Balaban J connectivity index is 2.32. The van der Waals surface area contributed by atoms with Crippen LogP contribution < -0.4 is 5.73 Å². The molecule has 116 valence electrons. The number of carbonyl (C=O) groups is 1. The Hall–Kier alpha value is -1.76. The molecule has 4 nitrogen and oxygen atoms in total. The molecule has 0 spiro atoms. The van der Waals surface area contributed by atoms with Crippen molar-refractivity contribution in [1.82, 2.24) is 4.90 Å². The van der Waals surface area contributed by atoms with Crippen LogP contribution >= 0.6 is 0 Å². The molecule has 0 aliphatic heterocycles. The van der Waals surface area contributed by atoms with E-state index in [9.17, 15) is 23.1 Å². The quantitative estimate of drug-likeness (QED) is 0.839. The minimum atomic E-state index is -1.70. The van der Waals surface area contributed by atoms with Crippen LogP contribution in [-0.4, -0.2) is 35.5 Å². The van der Waals surface area contributed by atoms with Gasteiger partial charge in [0.1, 0.15) is 0 Å². The van der Waals surface area contributed by atoms with Crippen LogP contribution in [0.3, 0.4) is 0 Å². The number of nitrogens with two attached hydrogens (primary N) is 1. The third kappa shape index (κ3) is 2.70. The lowest BCUT2D eigenvalue weighted by Crippen LogP contribution is -2.41. The summed E-state index contributed by atoms with van der Waals surface area (Å²) < 4.78 is 40.1. The summed E-state index contributed by atoms with van der Waals surface area (Å²) in [5.74, 6) is -6.80. The molecular weight excluding hydrogens is 285 g/mol. The fourth-order valence-electron chi connectivity index (χ4n) is 2.89. The smallest absolute Gasteiger partial charge is 0.257 e. The molecule has 0 aromatic heterocycles. The van der Waals surface area contributed by atoms with Gasteiger partial charge in [-0.05, 0) is 31.4 Å². The first-order chi connectivity index (χ1) is 9.88. The number of hydrogen-bond acceptors (Lipinski definition) is 3. The van der Waals surface area contributed by atoms with E-state index in [4.69, 9.17) is 5.73 Å². The third-order valence-electron chi connectivity index (χ3n) is 4.10. The van der Waals surface area contributed by atoms with Crippen LogP contribution in [0.5, 0.6) is 5.75 Å². The maximum absolute atomic E-state index is 13.8. The molecule has 2 rings (SSSR count). The van der Waals surface area contributed by atoms with Crippen molar-refractivity contribution < 1.29 is 23.1 Å². The number of amides is 1. The first kappa shape index (κ1) is 15.6. The molecule has 0 bridgehead atoms. The van der Waals surface area contributed by atoms with Gasteiger partial charge in [0.25, 0.3) is 5.91 Å². The Morgan fingerprint density at radius 2 is 2.05 bits per heavy atom. The predicted octanol–water partition coefficient (Wildman–Crippen LogP) is 2.01. The number of benzene rings is 1. The molecule has 1 aromatic carbocycles. The number of rotatable bonds is 3. The van der Waals surface area contributed by atoms with Crippen LogP contribution in [0, 0.1) is 23.4 Å². The Morgan fingerprint density at radius 1 is 1.38 bits per heavy atom. The molecule has 2 atom stereocenters. The number of phenols is 1. The molecule has 0 radical (unpaired) electrons. The van der Waals surface area contributed by atoms with Crippen molar-refractivity contribution in [2.75, 3.05) is 13.6 Å². The molecule has 0 saturated heterocycles. The molecule has 1 aliphatic rings. The summed E-state index contributed by atoms with van der Waals surface area (Å²) in [6.45, 7) is 0.397. The number of aromatic hydroxyl groups is 1. The zero-order valence-corrected chi connectivity index (χ0v) is 11.6. The number of nitrogens with zero attached hydrogens (tertiary/aromatic N) is 1. The molecule has 1 amide bonds. The maximum Gasteiger partial charge on any atom is 0.257 e. The van der Waals surface area contributed by atoms with Gasteiger partial charge in [-0.1, -0.05) is 6.42 Å². The van der Waals surface area contributed by atoms with Crippen LogP contribution in [0.1, 0.15) is 29.6 Å². The lowest BCUT2D eigenvalue weighted by molar-refractivity contribution is 0.0693. The molecule has 7 heteroatoms. The number of phenolic OH excluding ortho intramolecular Hbond substituents is 1. The Labute approximate surface area is 120 Å². The van der Waals surface area contributed by atoms with Crippen LogP contribution in [-0.2, 0) is 0 Å². The van der Waals surface area contributed by atoms with E-state index >= 15 is 0 Å². The van der Waals surface area contributed by atoms with E-state index in [2.05, 4.69) is 0 Å². The highest BCUT2D eigenvalue weighted by Crippen LogP contribution is 2.31. The van der Waals surface area contributed by atoms with E-state index in [1.807, 2.05) is 0 Å². The van der Waals surface area contributed by atoms with Crippen molar-refractivity contribution in [3.8, 4) is 5.75 Å². The summed E-state index contributed by atoms with van der Waals surface area (Å²) in [6.07, 6.45) is 2.49. The van der Waals surface area contributed by atoms with Gasteiger partial charge in [-0.2, -0.15) is 4.39 Å². The Bertz CT molecular complexity index is 566. The molecule has 0 heterocycles. The summed E-state index contributed by atoms with van der Waals surface area (Å²) >= 11 is 0. The molecule has 21 heavy (non-hydrogen) atoms. The lowest BCUT2D eigenvalue weighted by Gasteiger charge is -2.29. The van der Waals surface area contributed by atoms with E-state index < -0.39 is 34.7 Å². The Kier molecular flexibility index (Phi) is 4.41. The summed E-state index contributed by atoms with van der Waals surface area (Å²) in [7, 11) is 1.47. The predicted molar refractivity (Wildman–Crippen MR) is 70.3 cm³/mol. The minimum Gasteiger partial charge on any atom is -0.503 e. The van der Waals surface area contributed by atoms with Gasteiger partial charge in [-0.25, -0.2) is 8.78 Å².